The van der Waals surface area contributed by atoms with Crippen molar-refractivity contribution in [2.45, 2.75) is 0 Å². The van der Waals surface area contributed by atoms with E-state index >= 15 is 0 Å². The molecule has 3 aromatic rings. The third-order valence-corrected chi connectivity index (χ3v) is 3.15. The lowest BCUT2D eigenvalue weighted by Gasteiger charge is -2.01. The van der Waals surface area contributed by atoms with Crippen LogP contribution in [0.15, 0.2) is 60.9 Å². The lowest BCUT2D eigenvalue weighted by molar-refractivity contribution is -0.730. The highest BCUT2D eigenvalue weighted by Gasteiger charge is 1.97. The van der Waals surface area contributed by atoms with Crippen molar-refractivity contribution in [2.75, 3.05) is 0 Å². The Balaban J connectivity index is 1.99. The first-order valence-corrected chi connectivity index (χ1v) is 6.31. The van der Waals surface area contributed by atoms with Crippen LogP contribution < -0.4 is 4.68 Å². The third kappa shape index (κ3) is 2.52. The van der Waals surface area contributed by atoms with Crippen molar-refractivity contribution in [3.05, 3.63) is 72.1 Å². The van der Waals surface area contributed by atoms with Crippen LogP contribution in [0.25, 0.3) is 22.9 Å². The Hall–Kier alpha value is -2.48. The van der Waals surface area contributed by atoms with Crippen molar-refractivity contribution < 1.29 is 4.68 Å². The molecule has 1 aromatic heterocycles. The molecular formula is C17H15N2+. The molecule has 19 heavy (non-hydrogen) atoms. The Labute approximate surface area is 112 Å². The summed E-state index contributed by atoms with van der Waals surface area (Å²) in [5.74, 6) is 0. The predicted octanol–water partition coefficient (Wildman–Crippen LogP) is 3.23. The quantitative estimate of drug-likeness (QED) is 0.635. The van der Waals surface area contributed by atoms with Gasteiger partial charge in [0, 0.05) is 11.6 Å². The van der Waals surface area contributed by atoms with Gasteiger partial charge in [0.15, 0.2) is 13.2 Å². The molecule has 0 spiro atoms. The number of aryl methyl sites for hydroxylation is 1. The molecule has 0 saturated carbocycles. The average molecular weight is 247 g/mol. The second kappa shape index (κ2) is 5.02. The standard InChI is InChI=1S/C17H15N2/c1-19-12-11-14(13-18-19)9-10-16-7-4-6-15-5-2-3-8-17(15)16/h2-13H,1H3/q+1/b10-9+. The van der Waals surface area contributed by atoms with Gasteiger partial charge in [0.25, 0.3) is 0 Å². The van der Waals surface area contributed by atoms with Crippen molar-refractivity contribution in [3.8, 4) is 0 Å². The summed E-state index contributed by atoms with van der Waals surface area (Å²) >= 11 is 0. The first kappa shape index (κ1) is 11.6. The Morgan fingerprint density at radius 1 is 0.947 bits per heavy atom. The zero-order chi connectivity index (χ0) is 13.1. The van der Waals surface area contributed by atoms with E-state index in [-0.39, 0.29) is 0 Å². The summed E-state index contributed by atoms with van der Waals surface area (Å²) in [6, 6.07) is 16.8. The number of aromatic nitrogens is 2. The highest BCUT2D eigenvalue weighted by atomic mass is 15.2. The second-order valence-electron chi connectivity index (χ2n) is 4.54. The van der Waals surface area contributed by atoms with Crippen LogP contribution in [0.5, 0.6) is 0 Å². The number of fused-ring (bicyclic) bond motifs is 1. The first-order valence-electron chi connectivity index (χ1n) is 6.31. The minimum Gasteiger partial charge on any atom is -0.0940 e. The van der Waals surface area contributed by atoms with Gasteiger partial charge in [0.2, 0.25) is 0 Å². The SMILES string of the molecule is C[n+]1ccc(/C=C/c2cccc3ccccc23)cn1. The van der Waals surface area contributed by atoms with Gasteiger partial charge >= 0.3 is 0 Å². The highest BCUT2D eigenvalue weighted by Crippen LogP contribution is 2.20. The molecule has 0 aliphatic carbocycles. The average Bonchev–Trinajstić information content (AvgIpc) is 2.47. The number of rotatable bonds is 2. The summed E-state index contributed by atoms with van der Waals surface area (Å²) in [7, 11) is 1.91. The van der Waals surface area contributed by atoms with E-state index in [9.17, 15) is 0 Å². The molecule has 3 rings (SSSR count). The maximum absolute atomic E-state index is 4.22. The molecule has 0 aliphatic rings. The lowest BCUT2D eigenvalue weighted by atomic mass is 10.0. The van der Waals surface area contributed by atoms with E-state index in [0.29, 0.717) is 0 Å². The molecule has 1 heterocycles. The Morgan fingerprint density at radius 2 is 1.79 bits per heavy atom. The summed E-state index contributed by atoms with van der Waals surface area (Å²) in [5, 5.41) is 6.76. The van der Waals surface area contributed by atoms with Crippen LogP contribution in [0.4, 0.5) is 0 Å². The van der Waals surface area contributed by atoms with Crippen molar-refractivity contribution in [1.29, 1.82) is 0 Å². The highest BCUT2D eigenvalue weighted by molar-refractivity contribution is 5.92. The molecule has 0 fully saturated rings. The zero-order valence-electron chi connectivity index (χ0n) is 10.8. The summed E-state index contributed by atoms with van der Waals surface area (Å²) in [6.45, 7) is 0. The van der Waals surface area contributed by atoms with Crippen LogP contribution in [0.3, 0.4) is 0 Å². The van der Waals surface area contributed by atoms with Crippen molar-refractivity contribution >= 4 is 22.9 Å². The van der Waals surface area contributed by atoms with Crippen molar-refractivity contribution in [3.63, 3.8) is 0 Å². The van der Waals surface area contributed by atoms with Crippen LogP contribution in [0, 0.1) is 0 Å². The van der Waals surface area contributed by atoms with E-state index in [2.05, 4.69) is 65.8 Å². The summed E-state index contributed by atoms with van der Waals surface area (Å²) in [4.78, 5) is 0. The Morgan fingerprint density at radius 3 is 2.63 bits per heavy atom. The molecule has 92 valence electrons. The molecule has 0 saturated heterocycles. The summed E-state index contributed by atoms with van der Waals surface area (Å²) in [5.41, 5.74) is 2.33. The lowest BCUT2D eigenvalue weighted by Crippen LogP contribution is -2.31. The fourth-order valence-corrected chi connectivity index (χ4v) is 2.11. The van der Waals surface area contributed by atoms with E-state index in [1.54, 1.807) is 4.68 Å². The maximum atomic E-state index is 4.22. The molecule has 0 aliphatic heterocycles. The molecule has 0 unspecified atom stereocenters. The summed E-state index contributed by atoms with van der Waals surface area (Å²) < 4.78 is 1.79. The van der Waals surface area contributed by atoms with Crippen LogP contribution >= 0.6 is 0 Å². The third-order valence-electron chi connectivity index (χ3n) is 3.15. The largest absolute Gasteiger partial charge is 0.196 e. The maximum Gasteiger partial charge on any atom is 0.196 e. The molecule has 2 aromatic carbocycles. The van der Waals surface area contributed by atoms with E-state index in [1.807, 2.05) is 19.4 Å². The molecule has 0 atom stereocenters. The van der Waals surface area contributed by atoms with E-state index in [0.717, 1.165) is 5.56 Å². The van der Waals surface area contributed by atoms with Gasteiger partial charge in [-0.25, -0.2) is 0 Å². The molecule has 2 heteroatoms. The number of hydrogen-bond acceptors (Lipinski definition) is 1. The van der Waals surface area contributed by atoms with Gasteiger partial charge in [-0.15, -0.1) is 0 Å². The molecule has 0 amide bonds. The van der Waals surface area contributed by atoms with Crippen molar-refractivity contribution in [2.24, 2.45) is 7.05 Å². The van der Waals surface area contributed by atoms with Gasteiger partial charge in [0.1, 0.15) is 6.20 Å². The van der Waals surface area contributed by atoms with Crippen LogP contribution in [-0.4, -0.2) is 5.10 Å². The smallest absolute Gasteiger partial charge is 0.0940 e. The topological polar surface area (TPSA) is 16.8 Å². The van der Waals surface area contributed by atoms with E-state index < -0.39 is 0 Å². The van der Waals surface area contributed by atoms with Crippen molar-refractivity contribution in [1.82, 2.24) is 5.10 Å². The van der Waals surface area contributed by atoms with Crippen LogP contribution in [0.1, 0.15) is 11.1 Å². The molecule has 2 nitrogen and oxygen atoms in total. The number of benzene rings is 2. The molecular weight excluding hydrogens is 232 g/mol. The fourth-order valence-electron chi connectivity index (χ4n) is 2.11. The minimum absolute atomic E-state index is 1.10. The van der Waals surface area contributed by atoms with E-state index in [4.69, 9.17) is 0 Å². The van der Waals surface area contributed by atoms with Gasteiger partial charge in [-0.3, -0.25) is 0 Å². The van der Waals surface area contributed by atoms with Gasteiger partial charge < -0.3 is 0 Å². The Bertz CT molecular complexity index is 722. The second-order valence-corrected chi connectivity index (χ2v) is 4.54. The molecule has 0 radical (unpaired) electrons. The minimum atomic E-state index is 1.10. The van der Waals surface area contributed by atoms with Crippen LogP contribution in [0.2, 0.25) is 0 Å². The number of nitrogens with zero attached hydrogens (tertiary/aromatic N) is 2. The molecule has 0 bridgehead atoms. The van der Waals surface area contributed by atoms with Gasteiger partial charge in [-0.05, 0) is 21.4 Å². The zero-order valence-corrected chi connectivity index (χ0v) is 10.8. The van der Waals surface area contributed by atoms with E-state index in [1.165, 1.54) is 16.3 Å². The van der Waals surface area contributed by atoms with Gasteiger partial charge in [-0.1, -0.05) is 59.3 Å². The predicted molar refractivity (Wildman–Crippen MR) is 78.3 cm³/mol. The first-order chi connectivity index (χ1) is 9.33. The summed E-state index contributed by atoms with van der Waals surface area (Å²) in [6.07, 6.45) is 8.04. The molecule has 0 N–H and O–H groups in total. The monoisotopic (exact) mass is 247 g/mol. The normalized spacial score (nSPS) is 11.2. The fraction of sp³-hybridized carbons (Fsp3) is 0.0588. The van der Waals surface area contributed by atoms with Crippen LogP contribution in [-0.2, 0) is 7.05 Å². The van der Waals surface area contributed by atoms with Gasteiger partial charge in [-0.2, -0.15) is 0 Å². The Kier molecular flexibility index (Phi) is 3.07. The number of hydrogen-bond donors (Lipinski definition) is 0. The van der Waals surface area contributed by atoms with Gasteiger partial charge in [0.05, 0.1) is 0 Å².